The quantitative estimate of drug-likeness (QED) is 0.731. The molecule has 6 heteroatoms. The van der Waals surface area contributed by atoms with E-state index in [1.807, 2.05) is 41.1 Å². The van der Waals surface area contributed by atoms with Crippen molar-refractivity contribution >= 4 is 5.91 Å². The summed E-state index contributed by atoms with van der Waals surface area (Å²) in [6.07, 6.45) is 2.45. The molecule has 2 N–H and O–H groups in total. The maximum Gasteiger partial charge on any atom is 0.225 e. The van der Waals surface area contributed by atoms with E-state index in [9.17, 15) is 4.79 Å². The van der Waals surface area contributed by atoms with Gasteiger partial charge in [-0.1, -0.05) is 48.5 Å². The highest BCUT2D eigenvalue weighted by molar-refractivity contribution is 5.75. The van der Waals surface area contributed by atoms with Gasteiger partial charge in [-0.25, -0.2) is 9.67 Å². The zero-order valence-corrected chi connectivity index (χ0v) is 15.0. The molecule has 0 unspecified atom stereocenters. The van der Waals surface area contributed by atoms with Gasteiger partial charge in [-0.05, 0) is 36.5 Å². The van der Waals surface area contributed by atoms with E-state index in [0.717, 1.165) is 30.8 Å². The van der Waals surface area contributed by atoms with Gasteiger partial charge in [-0.2, -0.15) is 5.10 Å². The summed E-state index contributed by atoms with van der Waals surface area (Å²) < 4.78 is 8.05. The molecule has 0 spiro atoms. The average molecular weight is 362 g/mol. The topological polar surface area (TPSA) is 83.0 Å². The molecule has 27 heavy (non-hydrogen) atoms. The summed E-state index contributed by atoms with van der Waals surface area (Å²) in [6.45, 7) is 0.673. The SMILES string of the molecule is NC(=O)Cc1nc([C@@H]2CCc3ccccc3O2)n(CCc2ccccc2)n1. The van der Waals surface area contributed by atoms with Crippen LogP contribution in [-0.4, -0.2) is 20.7 Å². The highest BCUT2D eigenvalue weighted by Crippen LogP contribution is 2.34. The van der Waals surface area contributed by atoms with Crippen LogP contribution in [0.5, 0.6) is 5.75 Å². The van der Waals surface area contributed by atoms with E-state index >= 15 is 0 Å². The first-order chi connectivity index (χ1) is 13.2. The second-order valence-electron chi connectivity index (χ2n) is 6.74. The van der Waals surface area contributed by atoms with Crippen LogP contribution in [0, 0.1) is 0 Å². The monoisotopic (exact) mass is 362 g/mol. The maximum absolute atomic E-state index is 11.3. The molecule has 1 aromatic heterocycles. The number of carbonyl (C=O) groups is 1. The molecule has 3 aromatic rings. The Morgan fingerprint density at radius 1 is 1.15 bits per heavy atom. The predicted molar refractivity (Wildman–Crippen MR) is 101 cm³/mol. The Hall–Kier alpha value is -3.15. The van der Waals surface area contributed by atoms with Crippen molar-refractivity contribution in [1.29, 1.82) is 0 Å². The lowest BCUT2D eigenvalue weighted by Crippen LogP contribution is -2.20. The van der Waals surface area contributed by atoms with Gasteiger partial charge in [0.15, 0.2) is 17.8 Å². The van der Waals surface area contributed by atoms with Gasteiger partial charge in [-0.15, -0.1) is 0 Å². The fourth-order valence-corrected chi connectivity index (χ4v) is 3.42. The third-order valence-corrected chi connectivity index (χ3v) is 4.74. The minimum Gasteiger partial charge on any atom is -0.482 e. The lowest BCUT2D eigenvalue weighted by atomic mass is 10.0. The molecule has 0 saturated carbocycles. The third kappa shape index (κ3) is 4.00. The van der Waals surface area contributed by atoms with E-state index in [-0.39, 0.29) is 12.5 Å². The van der Waals surface area contributed by atoms with Crippen LogP contribution < -0.4 is 10.5 Å². The first-order valence-electron chi connectivity index (χ1n) is 9.19. The lowest BCUT2D eigenvalue weighted by molar-refractivity contribution is -0.117. The van der Waals surface area contributed by atoms with E-state index in [1.54, 1.807) is 0 Å². The van der Waals surface area contributed by atoms with Gasteiger partial charge >= 0.3 is 0 Å². The fourth-order valence-electron chi connectivity index (χ4n) is 3.42. The molecule has 6 nitrogen and oxygen atoms in total. The van der Waals surface area contributed by atoms with Gasteiger partial charge in [0, 0.05) is 6.54 Å². The number of ether oxygens (including phenoxy) is 1. The highest BCUT2D eigenvalue weighted by atomic mass is 16.5. The van der Waals surface area contributed by atoms with Crippen molar-refractivity contribution in [2.75, 3.05) is 0 Å². The Bertz CT molecular complexity index is 936. The molecule has 0 fully saturated rings. The molecular formula is C21H22N4O2. The van der Waals surface area contributed by atoms with Crippen molar-refractivity contribution in [3.8, 4) is 5.75 Å². The Morgan fingerprint density at radius 2 is 1.93 bits per heavy atom. The van der Waals surface area contributed by atoms with Gasteiger partial charge in [-0.3, -0.25) is 4.79 Å². The number of carbonyl (C=O) groups excluding carboxylic acids is 1. The molecule has 138 valence electrons. The molecule has 1 aliphatic heterocycles. The van der Waals surface area contributed by atoms with Crippen molar-refractivity contribution < 1.29 is 9.53 Å². The standard InChI is InChI=1S/C21H22N4O2/c22-19(26)14-20-23-21(18-11-10-16-8-4-5-9-17(16)27-18)25(24-20)13-12-15-6-2-1-3-7-15/h1-9,18H,10-14H2,(H2,22,26)/t18-/m0/s1. The van der Waals surface area contributed by atoms with Crippen molar-refractivity contribution in [2.45, 2.75) is 38.3 Å². The predicted octanol–water partition coefficient (Wildman–Crippen LogP) is 2.61. The maximum atomic E-state index is 11.3. The van der Waals surface area contributed by atoms with Crippen LogP contribution in [0.25, 0.3) is 0 Å². The van der Waals surface area contributed by atoms with Crippen molar-refractivity contribution in [1.82, 2.24) is 14.8 Å². The number of nitrogens with zero attached hydrogens (tertiary/aromatic N) is 3. The normalized spacial score (nSPS) is 15.8. The van der Waals surface area contributed by atoms with E-state index in [0.29, 0.717) is 12.4 Å². The first-order valence-corrected chi connectivity index (χ1v) is 9.19. The molecule has 0 aliphatic carbocycles. The van der Waals surface area contributed by atoms with Crippen LogP contribution in [0.15, 0.2) is 54.6 Å². The molecule has 2 heterocycles. The van der Waals surface area contributed by atoms with Gasteiger partial charge in [0.1, 0.15) is 5.75 Å². The number of benzene rings is 2. The number of nitrogens with two attached hydrogens (primary N) is 1. The summed E-state index contributed by atoms with van der Waals surface area (Å²) >= 11 is 0. The number of hydrogen-bond acceptors (Lipinski definition) is 4. The highest BCUT2D eigenvalue weighted by Gasteiger charge is 2.26. The number of hydrogen-bond donors (Lipinski definition) is 1. The van der Waals surface area contributed by atoms with Crippen molar-refractivity contribution in [2.24, 2.45) is 5.73 Å². The van der Waals surface area contributed by atoms with Crippen LogP contribution >= 0.6 is 0 Å². The largest absolute Gasteiger partial charge is 0.482 e. The van der Waals surface area contributed by atoms with E-state index in [1.165, 1.54) is 11.1 Å². The summed E-state index contributed by atoms with van der Waals surface area (Å²) in [5.74, 6) is 1.67. The summed E-state index contributed by atoms with van der Waals surface area (Å²) in [4.78, 5) is 15.9. The average Bonchev–Trinajstić information content (AvgIpc) is 3.08. The molecule has 0 bridgehead atoms. The second-order valence-corrected chi connectivity index (χ2v) is 6.74. The third-order valence-electron chi connectivity index (χ3n) is 4.74. The molecule has 4 rings (SSSR count). The summed E-state index contributed by atoms with van der Waals surface area (Å²) in [5.41, 5.74) is 7.77. The van der Waals surface area contributed by atoms with E-state index in [2.05, 4.69) is 28.3 Å². The molecule has 1 atom stereocenters. The Labute approximate surface area is 158 Å². The molecule has 1 amide bonds. The lowest BCUT2D eigenvalue weighted by Gasteiger charge is -2.25. The Morgan fingerprint density at radius 3 is 2.74 bits per heavy atom. The van der Waals surface area contributed by atoms with Crippen molar-refractivity contribution in [3.05, 3.63) is 77.4 Å². The number of amides is 1. The van der Waals surface area contributed by atoms with Crippen LogP contribution in [0.2, 0.25) is 0 Å². The van der Waals surface area contributed by atoms with Crippen LogP contribution in [0.4, 0.5) is 0 Å². The zero-order valence-electron chi connectivity index (χ0n) is 15.0. The van der Waals surface area contributed by atoms with E-state index < -0.39 is 5.91 Å². The number of rotatable bonds is 6. The minimum absolute atomic E-state index is 0.0364. The summed E-state index contributed by atoms with van der Waals surface area (Å²) in [6, 6.07) is 18.3. The smallest absolute Gasteiger partial charge is 0.225 e. The van der Waals surface area contributed by atoms with Crippen LogP contribution in [0.1, 0.15) is 35.3 Å². The number of primary amides is 1. The number of para-hydroxylation sites is 1. The molecule has 0 saturated heterocycles. The van der Waals surface area contributed by atoms with E-state index in [4.69, 9.17) is 10.5 Å². The zero-order chi connectivity index (χ0) is 18.6. The van der Waals surface area contributed by atoms with Crippen LogP contribution in [-0.2, 0) is 30.6 Å². The number of aromatic nitrogens is 3. The first kappa shape index (κ1) is 17.3. The molecule has 2 aromatic carbocycles. The van der Waals surface area contributed by atoms with Gasteiger partial charge in [0.2, 0.25) is 5.91 Å². The summed E-state index contributed by atoms with van der Waals surface area (Å²) in [5, 5.41) is 4.52. The summed E-state index contributed by atoms with van der Waals surface area (Å²) in [7, 11) is 0. The Kier molecular flexibility index (Phi) is 4.87. The minimum atomic E-state index is -0.434. The second kappa shape index (κ2) is 7.61. The van der Waals surface area contributed by atoms with Gasteiger partial charge < -0.3 is 10.5 Å². The molecular weight excluding hydrogens is 340 g/mol. The Balaban J connectivity index is 1.58. The molecule has 1 aliphatic rings. The van der Waals surface area contributed by atoms with Gasteiger partial charge in [0.25, 0.3) is 0 Å². The fraction of sp³-hybridized carbons (Fsp3) is 0.286. The number of fused-ring (bicyclic) bond motifs is 1. The van der Waals surface area contributed by atoms with Crippen molar-refractivity contribution in [3.63, 3.8) is 0 Å². The molecule has 0 radical (unpaired) electrons. The van der Waals surface area contributed by atoms with Gasteiger partial charge in [0.05, 0.1) is 6.42 Å². The number of aryl methyl sites for hydroxylation is 3. The van der Waals surface area contributed by atoms with Crippen LogP contribution in [0.3, 0.4) is 0 Å².